The van der Waals surface area contributed by atoms with E-state index in [1.54, 1.807) is 19.5 Å². The van der Waals surface area contributed by atoms with Gasteiger partial charge in [0.2, 0.25) is 5.28 Å². The first kappa shape index (κ1) is 21.0. The Bertz CT molecular complexity index is 1010. The largest absolute Gasteiger partial charge is 0.347 e. The molecule has 3 rings (SSSR count). The van der Waals surface area contributed by atoms with Crippen molar-refractivity contribution in [3.05, 3.63) is 53.1 Å². The van der Waals surface area contributed by atoms with Gasteiger partial charge in [0.1, 0.15) is 12.8 Å². The van der Waals surface area contributed by atoms with Crippen LogP contribution in [0.2, 0.25) is 5.28 Å². The fraction of sp³-hybridized carbons (Fsp3) is 0.400. The van der Waals surface area contributed by atoms with Crippen molar-refractivity contribution in [3.8, 4) is 0 Å². The van der Waals surface area contributed by atoms with Crippen molar-refractivity contribution >= 4 is 35.1 Å². The van der Waals surface area contributed by atoms with E-state index in [4.69, 9.17) is 21.1 Å². The number of halogens is 1. The number of ether oxygens (including phenoxy) is 2. The molecule has 2 aromatic heterocycles. The van der Waals surface area contributed by atoms with Crippen LogP contribution in [0.3, 0.4) is 0 Å². The van der Waals surface area contributed by atoms with Gasteiger partial charge in [0, 0.05) is 30.1 Å². The Hall–Kier alpha value is -1.72. The average Bonchev–Trinajstić information content (AvgIpc) is 2.99. The van der Waals surface area contributed by atoms with Crippen molar-refractivity contribution < 1.29 is 14.0 Å². The molecular formula is C20H25ClN3O3P. The molecule has 0 N–H and O–H groups in total. The van der Waals surface area contributed by atoms with E-state index in [-0.39, 0.29) is 5.28 Å². The van der Waals surface area contributed by atoms with Gasteiger partial charge in [-0.15, -0.1) is 0 Å². The maximum Gasteiger partial charge on any atom is 0.224 e. The van der Waals surface area contributed by atoms with Crippen LogP contribution in [0.4, 0.5) is 0 Å². The second kappa shape index (κ2) is 8.75. The Labute approximate surface area is 170 Å². The second-order valence-electron chi connectivity index (χ2n) is 6.80. The topological polar surface area (TPSA) is 66.2 Å². The van der Waals surface area contributed by atoms with Gasteiger partial charge in [0.15, 0.2) is 6.29 Å². The summed E-state index contributed by atoms with van der Waals surface area (Å²) in [5.74, 6) is 0. The Morgan fingerprint density at radius 3 is 2.50 bits per heavy atom. The van der Waals surface area contributed by atoms with Gasteiger partial charge in [-0.3, -0.25) is 0 Å². The van der Waals surface area contributed by atoms with Gasteiger partial charge >= 0.3 is 0 Å². The molecule has 1 aromatic carbocycles. The van der Waals surface area contributed by atoms with Gasteiger partial charge in [-0.1, -0.05) is 24.3 Å². The number of rotatable bonds is 8. The molecule has 0 unspecified atom stereocenters. The third-order valence-corrected chi connectivity index (χ3v) is 6.19. The molecule has 0 saturated heterocycles. The number of hydrogen-bond donors (Lipinski definition) is 0. The molecule has 2 heterocycles. The highest BCUT2D eigenvalue weighted by atomic mass is 35.5. The predicted octanol–water partition coefficient (Wildman–Crippen LogP) is 4.45. The SMILES string of the molecule is CCOC(OCC)c1cc2cnc(Cl)nc2n1Cc1ccccc1P(C)(C)=O. The lowest BCUT2D eigenvalue weighted by Gasteiger charge is -2.21. The van der Waals surface area contributed by atoms with Crippen molar-refractivity contribution in [2.45, 2.75) is 26.7 Å². The van der Waals surface area contributed by atoms with Crippen LogP contribution in [0.1, 0.15) is 31.4 Å². The minimum Gasteiger partial charge on any atom is -0.347 e. The third-order valence-electron chi connectivity index (χ3n) is 4.42. The summed E-state index contributed by atoms with van der Waals surface area (Å²) in [6.07, 6.45) is 1.15. The first-order chi connectivity index (χ1) is 13.3. The van der Waals surface area contributed by atoms with Crippen LogP contribution < -0.4 is 5.30 Å². The Kier molecular flexibility index (Phi) is 6.56. The Balaban J connectivity index is 2.18. The van der Waals surface area contributed by atoms with Crippen LogP contribution in [0.5, 0.6) is 0 Å². The van der Waals surface area contributed by atoms with Gasteiger partial charge in [0.25, 0.3) is 0 Å². The lowest BCUT2D eigenvalue weighted by Crippen LogP contribution is -2.18. The zero-order valence-corrected chi connectivity index (χ0v) is 18.2. The van der Waals surface area contributed by atoms with E-state index < -0.39 is 13.4 Å². The number of benzene rings is 1. The fourth-order valence-corrected chi connectivity index (χ4v) is 4.67. The zero-order chi connectivity index (χ0) is 20.3. The van der Waals surface area contributed by atoms with Gasteiger partial charge < -0.3 is 18.6 Å². The van der Waals surface area contributed by atoms with Gasteiger partial charge in [-0.25, -0.2) is 4.98 Å². The van der Waals surface area contributed by atoms with E-state index in [2.05, 4.69) is 9.97 Å². The summed E-state index contributed by atoms with van der Waals surface area (Å²) in [6, 6.07) is 9.73. The summed E-state index contributed by atoms with van der Waals surface area (Å²) in [5, 5.41) is 1.87. The van der Waals surface area contributed by atoms with Crippen LogP contribution >= 0.6 is 18.7 Å². The van der Waals surface area contributed by atoms with Crippen molar-refractivity contribution in [2.24, 2.45) is 0 Å². The molecule has 8 heteroatoms. The number of aromatic nitrogens is 3. The molecule has 0 fully saturated rings. The number of fused-ring (bicyclic) bond motifs is 1. The van der Waals surface area contributed by atoms with Gasteiger partial charge in [0.05, 0.1) is 12.2 Å². The van der Waals surface area contributed by atoms with Crippen molar-refractivity contribution in [1.29, 1.82) is 0 Å². The average molecular weight is 422 g/mol. The third kappa shape index (κ3) is 4.47. The van der Waals surface area contributed by atoms with Crippen LogP contribution in [0.25, 0.3) is 11.0 Å². The quantitative estimate of drug-likeness (QED) is 0.305. The second-order valence-corrected chi connectivity index (χ2v) is 10.3. The van der Waals surface area contributed by atoms with Crippen molar-refractivity contribution in [3.63, 3.8) is 0 Å². The van der Waals surface area contributed by atoms with Crippen LogP contribution in [0.15, 0.2) is 36.5 Å². The molecule has 150 valence electrons. The summed E-state index contributed by atoms with van der Waals surface area (Å²) in [4.78, 5) is 8.52. The first-order valence-corrected chi connectivity index (χ1v) is 12.2. The Morgan fingerprint density at radius 1 is 1.18 bits per heavy atom. The van der Waals surface area contributed by atoms with E-state index in [1.165, 1.54) is 0 Å². The smallest absolute Gasteiger partial charge is 0.224 e. The summed E-state index contributed by atoms with van der Waals surface area (Å²) < 4.78 is 26.5. The monoisotopic (exact) mass is 421 g/mol. The van der Waals surface area contributed by atoms with Crippen LogP contribution in [-0.2, 0) is 20.6 Å². The lowest BCUT2D eigenvalue weighted by atomic mass is 10.2. The maximum atomic E-state index is 12.8. The maximum absolute atomic E-state index is 12.8. The molecule has 0 aliphatic rings. The van der Waals surface area contributed by atoms with Crippen molar-refractivity contribution in [1.82, 2.24) is 14.5 Å². The van der Waals surface area contributed by atoms with Gasteiger partial charge in [-0.2, -0.15) is 4.98 Å². The zero-order valence-electron chi connectivity index (χ0n) is 16.6. The van der Waals surface area contributed by atoms with E-state index >= 15 is 0 Å². The van der Waals surface area contributed by atoms with Crippen LogP contribution in [-0.4, -0.2) is 41.1 Å². The van der Waals surface area contributed by atoms with E-state index in [0.29, 0.717) is 25.4 Å². The van der Waals surface area contributed by atoms with E-state index in [9.17, 15) is 4.57 Å². The minimum absolute atomic E-state index is 0.174. The number of hydrogen-bond acceptors (Lipinski definition) is 5. The molecule has 0 radical (unpaired) electrons. The molecule has 0 aliphatic heterocycles. The standard InChI is InChI=1S/C20H25ClN3O3P/c1-5-26-19(27-6-2)16-11-15-12-22-20(21)23-18(15)24(16)13-14-9-7-8-10-17(14)28(3,4)25/h7-12,19H,5-6,13H2,1-4H3. The van der Waals surface area contributed by atoms with E-state index in [1.807, 2.05) is 48.7 Å². The molecule has 0 amide bonds. The summed E-state index contributed by atoms with van der Waals surface area (Å²) in [5.41, 5.74) is 2.49. The Morgan fingerprint density at radius 2 is 1.86 bits per heavy atom. The number of nitrogens with zero attached hydrogens (tertiary/aromatic N) is 3. The molecule has 0 spiro atoms. The predicted molar refractivity (Wildman–Crippen MR) is 113 cm³/mol. The molecule has 28 heavy (non-hydrogen) atoms. The first-order valence-electron chi connectivity index (χ1n) is 9.23. The molecule has 0 saturated carbocycles. The lowest BCUT2D eigenvalue weighted by molar-refractivity contribution is -0.144. The molecule has 0 bridgehead atoms. The van der Waals surface area contributed by atoms with Gasteiger partial charge in [-0.05, 0) is 50.4 Å². The molecule has 6 nitrogen and oxygen atoms in total. The fourth-order valence-electron chi connectivity index (χ4n) is 3.26. The van der Waals surface area contributed by atoms with Crippen LogP contribution in [0, 0.1) is 0 Å². The highest BCUT2D eigenvalue weighted by Crippen LogP contribution is 2.37. The van der Waals surface area contributed by atoms with E-state index in [0.717, 1.165) is 21.9 Å². The summed E-state index contributed by atoms with van der Waals surface area (Å²) in [7, 11) is -2.44. The molecule has 0 aliphatic carbocycles. The van der Waals surface area contributed by atoms with Crippen molar-refractivity contribution in [2.75, 3.05) is 26.5 Å². The molecule has 3 aromatic rings. The molecular weight excluding hydrogens is 397 g/mol. The highest BCUT2D eigenvalue weighted by Gasteiger charge is 2.23. The summed E-state index contributed by atoms with van der Waals surface area (Å²) >= 11 is 6.07. The molecule has 0 atom stereocenters. The highest BCUT2D eigenvalue weighted by molar-refractivity contribution is 7.70. The summed E-state index contributed by atoms with van der Waals surface area (Å²) in [6.45, 7) is 8.91. The minimum atomic E-state index is -2.44. The normalized spacial score (nSPS) is 12.2.